The number of nitrogens with zero attached hydrogens (tertiary/aromatic N) is 2. The van der Waals surface area contributed by atoms with Gasteiger partial charge in [-0.2, -0.15) is 17.0 Å². The van der Waals surface area contributed by atoms with E-state index in [4.69, 9.17) is 11.6 Å². The van der Waals surface area contributed by atoms with E-state index in [9.17, 15) is 8.42 Å². The van der Waals surface area contributed by atoms with Gasteiger partial charge < -0.3 is 0 Å². The van der Waals surface area contributed by atoms with Crippen molar-refractivity contribution in [3.63, 3.8) is 0 Å². The highest BCUT2D eigenvalue weighted by Crippen LogP contribution is 2.09. The van der Waals surface area contributed by atoms with Gasteiger partial charge in [0.05, 0.1) is 0 Å². The van der Waals surface area contributed by atoms with E-state index in [1.54, 1.807) is 0 Å². The summed E-state index contributed by atoms with van der Waals surface area (Å²) in [5.41, 5.74) is 0. The minimum absolute atomic E-state index is 0.338. The van der Waals surface area contributed by atoms with Crippen molar-refractivity contribution >= 4 is 21.8 Å². The highest BCUT2D eigenvalue weighted by Gasteiger charge is 2.26. The minimum atomic E-state index is -3.32. The quantitative estimate of drug-likeness (QED) is 0.601. The molecule has 0 spiro atoms. The molecule has 6 heteroatoms. The predicted molar refractivity (Wildman–Crippen MR) is 69.0 cm³/mol. The van der Waals surface area contributed by atoms with Crippen molar-refractivity contribution < 1.29 is 8.42 Å². The molecular formula is C10H23ClN2O2S. The molecule has 0 rings (SSSR count). The molecule has 0 saturated heterocycles. The van der Waals surface area contributed by atoms with E-state index in [1.807, 2.05) is 20.8 Å². The van der Waals surface area contributed by atoms with Crippen LogP contribution in [0.15, 0.2) is 0 Å². The molecule has 0 saturated carbocycles. The van der Waals surface area contributed by atoms with Gasteiger partial charge in [-0.1, -0.05) is 27.2 Å². The van der Waals surface area contributed by atoms with E-state index >= 15 is 0 Å². The summed E-state index contributed by atoms with van der Waals surface area (Å²) in [6.07, 6.45) is 1.85. The highest BCUT2D eigenvalue weighted by molar-refractivity contribution is 7.86. The Morgan fingerprint density at radius 1 is 1.00 bits per heavy atom. The fraction of sp³-hybridized carbons (Fsp3) is 1.00. The molecule has 0 radical (unpaired) electrons. The van der Waals surface area contributed by atoms with Crippen molar-refractivity contribution in [1.82, 2.24) is 8.61 Å². The molecule has 0 amide bonds. The van der Waals surface area contributed by atoms with E-state index in [-0.39, 0.29) is 0 Å². The van der Waals surface area contributed by atoms with Gasteiger partial charge in [0.1, 0.15) is 0 Å². The number of rotatable bonds is 9. The van der Waals surface area contributed by atoms with Crippen molar-refractivity contribution in [2.75, 3.05) is 32.1 Å². The Balaban J connectivity index is 4.72. The number of halogens is 1. The van der Waals surface area contributed by atoms with Crippen LogP contribution in [0.25, 0.3) is 0 Å². The number of hydrogen-bond donors (Lipinski definition) is 0. The summed E-state index contributed by atoms with van der Waals surface area (Å²) in [7, 11) is -3.32. The molecule has 4 nitrogen and oxygen atoms in total. The van der Waals surface area contributed by atoms with E-state index in [1.165, 1.54) is 8.61 Å². The van der Waals surface area contributed by atoms with Gasteiger partial charge in [0, 0.05) is 32.1 Å². The first-order chi connectivity index (χ1) is 7.54. The number of hydrogen-bond acceptors (Lipinski definition) is 2. The molecular weight excluding hydrogens is 248 g/mol. The van der Waals surface area contributed by atoms with Crippen molar-refractivity contribution in [3.8, 4) is 0 Å². The molecule has 0 N–H and O–H groups in total. The summed E-state index contributed by atoms with van der Waals surface area (Å²) in [5, 5.41) is 0. The second kappa shape index (κ2) is 8.28. The lowest BCUT2D eigenvalue weighted by Crippen LogP contribution is -2.44. The van der Waals surface area contributed by atoms with Gasteiger partial charge in [0.25, 0.3) is 10.2 Å². The zero-order chi connectivity index (χ0) is 12.6. The van der Waals surface area contributed by atoms with Gasteiger partial charge >= 0.3 is 0 Å². The maximum Gasteiger partial charge on any atom is 0.281 e. The van der Waals surface area contributed by atoms with Gasteiger partial charge in [-0.05, 0) is 6.42 Å². The first-order valence-corrected chi connectivity index (χ1v) is 7.78. The standard InChI is InChI=1S/C10H23ClN2O2S/c1-4-7-9-13(10-8-11)16(14,15)12(5-2)6-3/h4-10H2,1-3H3. The Labute approximate surface area is 105 Å². The van der Waals surface area contributed by atoms with Crippen molar-refractivity contribution in [3.05, 3.63) is 0 Å². The van der Waals surface area contributed by atoms with Gasteiger partial charge in [-0.15, -0.1) is 11.6 Å². The zero-order valence-corrected chi connectivity index (χ0v) is 12.0. The van der Waals surface area contributed by atoms with Crippen LogP contribution in [0.2, 0.25) is 0 Å². The van der Waals surface area contributed by atoms with E-state index in [0.717, 1.165) is 12.8 Å². The van der Waals surface area contributed by atoms with Crippen LogP contribution in [0, 0.1) is 0 Å². The Kier molecular flexibility index (Phi) is 8.36. The van der Waals surface area contributed by atoms with Crippen molar-refractivity contribution in [1.29, 1.82) is 0 Å². The van der Waals surface area contributed by atoms with Crippen LogP contribution in [0.5, 0.6) is 0 Å². The van der Waals surface area contributed by atoms with E-state index < -0.39 is 10.2 Å². The molecule has 98 valence electrons. The minimum Gasteiger partial charge on any atom is -0.195 e. The summed E-state index contributed by atoms with van der Waals surface area (Å²) in [6, 6.07) is 0. The van der Waals surface area contributed by atoms with Gasteiger partial charge in [0.2, 0.25) is 0 Å². The molecule has 0 aliphatic carbocycles. The number of alkyl halides is 1. The molecule has 0 aromatic carbocycles. The predicted octanol–water partition coefficient (Wildman–Crippen LogP) is 1.91. The molecule has 0 heterocycles. The Hall–Kier alpha value is 0.160. The monoisotopic (exact) mass is 270 g/mol. The van der Waals surface area contributed by atoms with Crippen LogP contribution in [-0.2, 0) is 10.2 Å². The van der Waals surface area contributed by atoms with Gasteiger partial charge in [-0.3, -0.25) is 0 Å². The van der Waals surface area contributed by atoms with Crippen LogP contribution in [0.4, 0.5) is 0 Å². The fourth-order valence-corrected chi connectivity index (χ4v) is 3.45. The fourth-order valence-electron chi connectivity index (χ4n) is 1.48. The molecule has 16 heavy (non-hydrogen) atoms. The molecule has 0 aromatic rings. The summed E-state index contributed by atoms with van der Waals surface area (Å²) < 4.78 is 27.3. The first kappa shape index (κ1) is 16.2. The lowest BCUT2D eigenvalue weighted by molar-refractivity contribution is 0.353. The molecule has 0 aliphatic rings. The summed E-state index contributed by atoms with van der Waals surface area (Å²) >= 11 is 5.65. The second-order valence-electron chi connectivity index (χ2n) is 3.53. The van der Waals surface area contributed by atoms with Crippen LogP contribution in [0.3, 0.4) is 0 Å². The maximum absolute atomic E-state index is 12.2. The summed E-state index contributed by atoms with van der Waals surface area (Å²) in [6.45, 7) is 7.69. The lowest BCUT2D eigenvalue weighted by atomic mass is 10.3. The summed E-state index contributed by atoms with van der Waals surface area (Å²) in [4.78, 5) is 0. The largest absolute Gasteiger partial charge is 0.281 e. The van der Waals surface area contributed by atoms with Crippen LogP contribution in [-0.4, -0.2) is 49.1 Å². The van der Waals surface area contributed by atoms with Crippen molar-refractivity contribution in [2.24, 2.45) is 0 Å². The smallest absolute Gasteiger partial charge is 0.195 e. The van der Waals surface area contributed by atoms with Crippen LogP contribution < -0.4 is 0 Å². The molecule has 0 aliphatic heterocycles. The van der Waals surface area contributed by atoms with Gasteiger partial charge in [0.15, 0.2) is 0 Å². The maximum atomic E-state index is 12.2. The third-order valence-electron chi connectivity index (χ3n) is 2.45. The highest BCUT2D eigenvalue weighted by atomic mass is 35.5. The Morgan fingerprint density at radius 3 is 1.94 bits per heavy atom. The average Bonchev–Trinajstić information content (AvgIpc) is 2.25. The first-order valence-electron chi connectivity index (χ1n) is 5.85. The third kappa shape index (κ3) is 4.57. The second-order valence-corrected chi connectivity index (χ2v) is 5.84. The summed E-state index contributed by atoms with van der Waals surface area (Å²) in [5.74, 6) is 0.338. The van der Waals surface area contributed by atoms with Crippen LogP contribution >= 0.6 is 11.6 Å². The van der Waals surface area contributed by atoms with E-state index in [0.29, 0.717) is 32.1 Å². The zero-order valence-electron chi connectivity index (χ0n) is 10.4. The topological polar surface area (TPSA) is 40.6 Å². The molecule has 0 bridgehead atoms. The Morgan fingerprint density at radius 2 is 1.56 bits per heavy atom. The Bertz CT molecular complexity index is 266. The molecule has 0 unspecified atom stereocenters. The van der Waals surface area contributed by atoms with Crippen LogP contribution in [0.1, 0.15) is 33.6 Å². The molecule has 0 fully saturated rings. The van der Waals surface area contributed by atoms with Crippen molar-refractivity contribution in [2.45, 2.75) is 33.6 Å². The lowest BCUT2D eigenvalue weighted by Gasteiger charge is -2.27. The average molecular weight is 271 g/mol. The van der Waals surface area contributed by atoms with E-state index in [2.05, 4.69) is 0 Å². The normalized spacial score (nSPS) is 12.6. The SMILES string of the molecule is CCCCN(CCCl)S(=O)(=O)N(CC)CC. The number of unbranched alkanes of at least 4 members (excludes halogenated alkanes) is 1. The molecule has 0 atom stereocenters. The van der Waals surface area contributed by atoms with Gasteiger partial charge in [-0.25, -0.2) is 0 Å². The molecule has 0 aromatic heterocycles. The third-order valence-corrected chi connectivity index (χ3v) is 4.81.